The van der Waals surface area contributed by atoms with Crippen LogP contribution >= 0.6 is 0 Å². The summed E-state index contributed by atoms with van der Waals surface area (Å²) in [6.07, 6.45) is 8.07. The van der Waals surface area contributed by atoms with Crippen LogP contribution in [0.4, 0.5) is 0 Å². The number of fused-ring (bicyclic) bond motifs is 2. The molecule has 2 atom stereocenters. The first-order chi connectivity index (χ1) is 9.74. The van der Waals surface area contributed by atoms with Crippen LogP contribution in [-0.4, -0.2) is 25.5 Å². The summed E-state index contributed by atoms with van der Waals surface area (Å²) in [6.45, 7) is 0. The Morgan fingerprint density at radius 1 is 1.25 bits per heavy atom. The molecule has 0 spiro atoms. The number of hydrogen-bond donors (Lipinski definition) is 0. The van der Waals surface area contributed by atoms with Gasteiger partial charge in [-0.2, -0.15) is 0 Å². The number of pyridine rings is 1. The van der Waals surface area contributed by atoms with Crippen molar-refractivity contribution in [2.24, 2.45) is 5.92 Å². The average molecular weight is 291 g/mol. The van der Waals surface area contributed by atoms with Crippen molar-refractivity contribution in [3.63, 3.8) is 0 Å². The maximum Gasteiger partial charge on any atom is 0.136 e. The van der Waals surface area contributed by atoms with Gasteiger partial charge in [-0.05, 0) is 44.2 Å². The van der Waals surface area contributed by atoms with E-state index in [0.717, 1.165) is 37.8 Å². The third kappa shape index (κ3) is 3.00. The molecule has 108 valence electrons. The lowest BCUT2D eigenvalue weighted by molar-refractivity contribution is -0.123. The minimum atomic E-state index is -0.678. The fourth-order valence-corrected chi connectivity index (χ4v) is 5.68. The topological polar surface area (TPSA) is 47.0 Å². The normalized spacial score (nSPS) is 32.8. The van der Waals surface area contributed by atoms with E-state index in [0.29, 0.717) is 12.2 Å². The highest BCUT2D eigenvalue weighted by Crippen LogP contribution is 2.37. The van der Waals surface area contributed by atoms with Gasteiger partial charge in [0.25, 0.3) is 0 Å². The number of Topliss-reactive ketones (excluding diaryl/α,β-unsaturated/α-hetero) is 1. The van der Waals surface area contributed by atoms with Crippen molar-refractivity contribution >= 4 is 16.6 Å². The van der Waals surface area contributed by atoms with E-state index in [2.05, 4.69) is 4.98 Å². The van der Waals surface area contributed by atoms with E-state index < -0.39 is 10.8 Å². The van der Waals surface area contributed by atoms with E-state index >= 15 is 0 Å². The van der Waals surface area contributed by atoms with E-state index in [9.17, 15) is 9.00 Å². The van der Waals surface area contributed by atoms with Crippen molar-refractivity contribution in [1.29, 1.82) is 0 Å². The van der Waals surface area contributed by atoms with Gasteiger partial charge in [-0.25, -0.2) is 0 Å². The molecule has 4 heteroatoms. The molecule has 1 aromatic rings. The molecule has 2 saturated heterocycles. The van der Waals surface area contributed by atoms with Gasteiger partial charge in [-0.1, -0.05) is 12.5 Å². The molecule has 3 nitrogen and oxygen atoms in total. The maximum absolute atomic E-state index is 12.4. The van der Waals surface area contributed by atoms with Gasteiger partial charge in [-0.15, -0.1) is 0 Å². The third-order valence-electron chi connectivity index (χ3n) is 4.61. The highest BCUT2D eigenvalue weighted by molar-refractivity contribution is 7.86. The van der Waals surface area contributed by atoms with Crippen LogP contribution in [0, 0.1) is 5.92 Å². The van der Waals surface area contributed by atoms with Gasteiger partial charge in [0, 0.05) is 45.5 Å². The van der Waals surface area contributed by atoms with E-state index in [1.165, 1.54) is 6.42 Å². The summed E-state index contributed by atoms with van der Waals surface area (Å²) in [7, 11) is -0.678. The van der Waals surface area contributed by atoms with Gasteiger partial charge >= 0.3 is 0 Å². The largest absolute Gasteiger partial charge is 0.299 e. The first-order valence-electron chi connectivity index (χ1n) is 7.56. The number of nitrogens with zero attached hydrogens (tertiary/aromatic N) is 1. The molecule has 2 unspecified atom stereocenters. The van der Waals surface area contributed by atoms with Crippen molar-refractivity contribution < 1.29 is 9.00 Å². The number of aromatic nitrogens is 1. The standard InChI is InChI=1S/C16H21NO2S/c18-16(8-7-13-4-1-2-9-17-13)12-10-14-5-3-6-15(11-12)20(14)19/h1-2,4,9,12,14-15H,3,5-8,10-11H2. The second-order valence-electron chi connectivity index (χ2n) is 5.96. The molecule has 20 heavy (non-hydrogen) atoms. The van der Waals surface area contributed by atoms with E-state index in [1.54, 1.807) is 6.20 Å². The van der Waals surface area contributed by atoms with Crippen LogP contribution in [0.1, 0.15) is 44.2 Å². The first-order valence-corrected chi connectivity index (χ1v) is 8.83. The molecule has 1 aromatic heterocycles. The lowest BCUT2D eigenvalue weighted by Gasteiger charge is -2.37. The zero-order chi connectivity index (χ0) is 13.9. The number of carbonyl (C=O) groups excluding carboxylic acids is 1. The Morgan fingerprint density at radius 2 is 2.00 bits per heavy atom. The number of hydrogen-bond acceptors (Lipinski definition) is 3. The molecule has 0 saturated carbocycles. The maximum atomic E-state index is 12.4. The van der Waals surface area contributed by atoms with Crippen LogP contribution in [0.15, 0.2) is 24.4 Å². The highest BCUT2D eigenvalue weighted by Gasteiger charge is 2.39. The van der Waals surface area contributed by atoms with Crippen molar-refractivity contribution in [3.8, 4) is 0 Å². The second kappa shape index (κ2) is 6.17. The fraction of sp³-hybridized carbons (Fsp3) is 0.625. The Bertz CT molecular complexity index is 486. The van der Waals surface area contributed by atoms with Crippen LogP contribution < -0.4 is 0 Å². The second-order valence-corrected chi connectivity index (χ2v) is 7.95. The van der Waals surface area contributed by atoms with Gasteiger partial charge in [0.2, 0.25) is 0 Å². The fourth-order valence-electron chi connectivity index (χ4n) is 3.50. The van der Waals surface area contributed by atoms with E-state index in [1.807, 2.05) is 18.2 Å². The van der Waals surface area contributed by atoms with Crippen LogP contribution in [0.2, 0.25) is 0 Å². The van der Waals surface area contributed by atoms with Crippen molar-refractivity contribution in [2.45, 2.75) is 55.4 Å². The molecule has 0 radical (unpaired) electrons. The summed E-state index contributed by atoms with van der Waals surface area (Å²) >= 11 is 0. The molecule has 0 amide bonds. The summed E-state index contributed by atoms with van der Waals surface area (Å²) in [4.78, 5) is 16.6. The summed E-state index contributed by atoms with van der Waals surface area (Å²) in [5.74, 6) is 0.496. The smallest absolute Gasteiger partial charge is 0.136 e. The molecular formula is C16H21NO2S. The van der Waals surface area contributed by atoms with Crippen molar-refractivity contribution in [1.82, 2.24) is 4.98 Å². The zero-order valence-corrected chi connectivity index (χ0v) is 12.5. The summed E-state index contributed by atoms with van der Waals surface area (Å²) in [5.41, 5.74) is 0.987. The van der Waals surface area contributed by atoms with Gasteiger partial charge in [0.1, 0.15) is 5.78 Å². The average Bonchev–Trinajstić information content (AvgIpc) is 2.45. The minimum absolute atomic E-state index is 0.145. The van der Waals surface area contributed by atoms with Gasteiger partial charge < -0.3 is 0 Å². The van der Waals surface area contributed by atoms with Gasteiger partial charge in [0.15, 0.2) is 0 Å². The van der Waals surface area contributed by atoms with Gasteiger partial charge in [-0.3, -0.25) is 14.0 Å². The molecule has 0 aliphatic carbocycles. The highest BCUT2D eigenvalue weighted by atomic mass is 32.2. The first kappa shape index (κ1) is 13.9. The number of ketones is 1. The van der Waals surface area contributed by atoms with Crippen LogP contribution in [-0.2, 0) is 22.0 Å². The predicted octanol–water partition coefficient (Wildman–Crippen LogP) is 2.66. The molecule has 2 aliphatic heterocycles. The third-order valence-corrected chi connectivity index (χ3v) is 6.78. The molecule has 0 aromatic carbocycles. The Kier molecular flexibility index (Phi) is 4.29. The summed E-state index contributed by atoms with van der Waals surface area (Å²) < 4.78 is 12.1. The molecular weight excluding hydrogens is 270 g/mol. The summed E-state index contributed by atoms with van der Waals surface area (Å²) in [6, 6.07) is 5.82. The van der Waals surface area contributed by atoms with Crippen LogP contribution in [0.5, 0.6) is 0 Å². The lowest BCUT2D eigenvalue weighted by Crippen LogP contribution is -2.41. The van der Waals surface area contributed by atoms with Gasteiger partial charge in [0.05, 0.1) is 0 Å². The minimum Gasteiger partial charge on any atom is -0.299 e. The van der Waals surface area contributed by atoms with Crippen LogP contribution in [0.3, 0.4) is 0 Å². The lowest BCUT2D eigenvalue weighted by atomic mass is 9.85. The SMILES string of the molecule is O=C(CCc1ccccn1)C1CC2CCCC(C1)S2=O. The molecule has 3 rings (SSSR count). The molecule has 3 heterocycles. The summed E-state index contributed by atoms with van der Waals surface area (Å²) in [5, 5.41) is 0.567. The Morgan fingerprint density at radius 3 is 2.65 bits per heavy atom. The molecule has 2 fully saturated rings. The number of rotatable bonds is 4. The van der Waals surface area contributed by atoms with Crippen molar-refractivity contribution in [3.05, 3.63) is 30.1 Å². The van der Waals surface area contributed by atoms with Crippen molar-refractivity contribution in [2.75, 3.05) is 0 Å². The Labute approximate surface area is 122 Å². The monoisotopic (exact) mass is 291 g/mol. The quantitative estimate of drug-likeness (QED) is 0.857. The molecule has 2 bridgehead atoms. The predicted molar refractivity (Wildman–Crippen MR) is 79.9 cm³/mol. The Balaban J connectivity index is 1.57. The zero-order valence-electron chi connectivity index (χ0n) is 11.7. The van der Waals surface area contributed by atoms with E-state index in [4.69, 9.17) is 0 Å². The van der Waals surface area contributed by atoms with E-state index in [-0.39, 0.29) is 16.4 Å². The molecule has 2 aliphatic rings. The number of aryl methyl sites for hydroxylation is 1. The number of carbonyl (C=O) groups is 1. The van der Waals surface area contributed by atoms with Crippen LogP contribution in [0.25, 0.3) is 0 Å². The Hall–Kier alpha value is -1.03. The molecule has 0 N–H and O–H groups in total.